The summed E-state index contributed by atoms with van der Waals surface area (Å²) in [5.41, 5.74) is 2.16. The van der Waals surface area contributed by atoms with Gasteiger partial charge in [-0.3, -0.25) is 15.0 Å². The van der Waals surface area contributed by atoms with Crippen LogP contribution in [0.15, 0.2) is 53.7 Å². The summed E-state index contributed by atoms with van der Waals surface area (Å²) in [4.78, 5) is 16.2. The number of amides is 1. The summed E-state index contributed by atoms with van der Waals surface area (Å²) in [5, 5.41) is 18.6. The first kappa shape index (κ1) is 21.2. The van der Waals surface area contributed by atoms with E-state index >= 15 is 0 Å². The molecule has 1 atom stereocenters. The molecule has 27 heavy (non-hydrogen) atoms. The molecule has 2 aromatic rings. The second kappa shape index (κ2) is 9.70. The Bertz CT molecular complexity index is 845. The number of benzene rings is 1. The van der Waals surface area contributed by atoms with Crippen LogP contribution in [0.4, 0.5) is 0 Å². The van der Waals surface area contributed by atoms with E-state index in [9.17, 15) is 18.3 Å². The lowest BCUT2D eigenvalue weighted by molar-refractivity contribution is -0.133. The Hall–Kier alpha value is -2.14. The Morgan fingerprint density at radius 3 is 2.56 bits per heavy atom. The number of hydroxylamine groups is 1. The normalized spacial score (nSPS) is 12.7. The lowest BCUT2D eigenvalue weighted by Gasteiger charge is -2.29. The van der Waals surface area contributed by atoms with Gasteiger partial charge in [-0.05, 0) is 54.3 Å². The Kier molecular flexibility index (Phi) is 7.60. The van der Waals surface area contributed by atoms with Crippen molar-refractivity contribution in [1.29, 1.82) is 0 Å². The van der Waals surface area contributed by atoms with E-state index in [-0.39, 0.29) is 23.6 Å². The lowest BCUT2D eigenvalue weighted by atomic mass is 10.2. The van der Waals surface area contributed by atoms with Gasteiger partial charge < -0.3 is 5.11 Å². The second-order valence-corrected chi connectivity index (χ2v) is 8.55. The van der Waals surface area contributed by atoms with E-state index in [1.54, 1.807) is 23.8 Å². The highest BCUT2D eigenvalue weighted by atomic mass is 32.2. The van der Waals surface area contributed by atoms with E-state index in [4.69, 9.17) is 5.21 Å². The quantitative estimate of drug-likeness (QED) is 0.423. The molecule has 1 amide bonds. The standard InChI is InChI=1S/C17H21N3O5S2/c1-26-10-8-16(17(22)19-23)20(12-13-3-2-9-18-11-13)27(24,25)15-6-4-14(21)5-7-15/h2-7,9,11,16,21,23H,8,10,12H2,1H3,(H,19,22)/t16-/m1/s1. The van der Waals surface area contributed by atoms with Crippen LogP contribution in [-0.4, -0.2) is 52.0 Å². The fourth-order valence-electron chi connectivity index (χ4n) is 2.50. The van der Waals surface area contributed by atoms with Crippen LogP contribution in [0.5, 0.6) is 5.75 Å². The molecule has 3 N–H and O–H groups in total. The van der Waals surface area contributed by atoms with Gasteiger partial charge in [0.15, 0.2) is 0 Å². The van der Waals surface area contributed by atoms with Gasteiger partial charge in [-0.2, -0.15) is 16.1 Å². The van der Waals surface area contributed by atoms with Crippen LogP contribution >= 0.6 is 11.8 Å². The first-order chi connectivity index (χ1) is 12.9. The summed E-state index contributed by atoms with van der Waals surface area (Å²) in [6.07, 6.45) is 5.13. The van der Waals surface area contributed by atoms with Crippen LogP contribution in [-0.2, 0) is 21.4 Å². The minimum absolute atomic E-state index is 0.0657. The van der Waals surface area contributed by atoms with Crippen molar-refractivity contribution in [2.24, 2.45) is 0 Å². The number of aromatic nitrogens is 1. The minimum atomic E-state index is -4.09. The van der Waals surface area contributed by atoms with Gasteiger partial charge in [0.2, 0.25) is 10.0 Å². The predicted molar refractivity (Wildman–Crippen MR) is 102 cm³/mol. The Balaban J connectivity index is 2.49. The van der Waals surface area contributed by atoms with Crippen LogP contribution in [0.3, 0.4) is 0 Å². The number of hydrogen-bond acceptors (Lipinski definition) is 7. The number of nitrogens with zero attached hydrogens (tertiary/aromatic N) is 2. The maximum absolute atomic E-state index is 13.2. The topological polar surface area (TPSA) is 120 Å². The van der Waals surface area contributed by atoms with Gasteiger partial charge in [-0.15, -0.1) is 0 Å². The smallest absolute Gasteiger partial charge is 0.261 e. The number of aromatic hydroxyl groups is 1. The predicted octanol–water partition coefficient (Wildman–Crippen LogP) is 1.61. The monoisotopic (exact) mass is 411 g/mol. The number of pyridine rings is 1. The summed E-state index contributed by atoms with van der Waals surface area (Å²) in [6, 6.07) is 7.32. The molecule has 0 saturated carbocycles. The molecule has 0 saturated heterocycles. The van der Waals surface area contributed by atoms with Gasteiger partial charge in [-0.25, -0.2) is 13.9 Å². The van der Waals surface area contributed by atoms with E-state index < -0.39 is 22.0 Å². The molecule has 0 spiro atoms. The molecule has 1 aromatic heterocycles. The molecule has 0 aliphatic rings. The number of hydrogen-bond donors (Lipinski definition) is 3. The highest BCUT2D eigenvalue weighted by Gasteiger charge is 2.35. The highest BCUT2D eigenvalue weighted by molar-refractivity contribution is 7.98. The molecule has 1 aromatic carbocycles. The van der Waals surface area contributed by atoms with Gasteiger partial charge in [0.25, 0.3) is 5.91 Å². The van der Waals surface area contributed by atoms with Crippen LogP contribution in [0.2, 0.25) is 0 Å². The maximum atomic E-state index is 13.2. The zero-order chi connectivity index (χ0) is 19.9. The van der Waals surface area contributed by atoms with Crippen molar-refractivity contribution in [1.82, 2.24) is 14.8 Å². The number of phenolic OH excluding ortho intramolecular Hbond substituents is 1. The van der Waals surface area contributed by atoms with Gasteiger partial charge in [0, 0.05) is 18.9 Å². The van der Waals surface area contributed by atoms with E-state index in [1.807, 2.05) is 6.26 Å². The first-order valence-corrected chi connectivity index (χ1v) is 10.9. The third-order valence-corrected chi connectivity index (χ3v) is 6.37. The van der Waals surface area contributed by atoms with Crippen molar-refractivity contribution in [3.8, 4) is 5.75 Å². The summed E-state index contributed by atoms with van der Waals surface area (Å²) in [6.45, 7) is -0.0937. The molecule has 0 unspecified atom stereocenters. The number of rotatable bonds is 9. The van der Waals surface area contributed by atoms with E-state index in [0.29, 0.717) is 11.3 Å². The molecule has 2 rings (SSSR count). The van der Waals surface area contributed by atoms with Crippen LogP contribution in [0.25, 0.3) is 0 Å². The number of carbonyl (C=O) groups excluding carboxylic acids is 1. The van der Waals surface area contributed by atoms with Crippen molar-refractivity contribution < 1.29 is 23.5 Å². The minimum Gasteiger partial charge on any atom is -0.508 e. The average molecular weight is 412 g/mol. The van der Waals surface area contributed by atoms with Crippen molar-refractivity contribution in [2.75, 3.05) is 12.0 Å². The molecule has 0 aliphatic heterocycles. The molecule has 146 valence electrons. The van der Waals surface area contributed by atoms with Crippen molar-refractivity contribution in [3.05, 3.63) is 54.4 Å². The molecule has 0 fully saturated rings. The van der Waals surface area contributed by atoms with Gasteiger partial charge in [0.1, 0.15) is 11.8 Å². The third kappa shape index (κ3) is 5.42. The van der Waals surface area contributed by atoms with Gasteiger partial charge in [-0.1, -0.05) is 6.07 Å². The highest BCUT2D eigenvalue weighted by Crippen LogP contribution is 2.24. The number of thioether (sulfide) groups is 1. The Morgan fingerprint density at radius 2 is 2.00 bits per heavy atom. The Morgan fingerprint density at radius 1 is 1.30 bits per heavy atom. The molecule has 0 radical (unpaired) electrons. The number of phenols is 1. The molecule has 0 bridgehead atoms. The molecule has 0 aliphatic carbocycles. The first-order valence-electron chi connectivity index (χ1n) is 8.02. The second-order valence-electron chi connectivity index (χ2n) is 5.68. The zero-order valence-corrected chi connectivity index (χ0v) is 16.3. The molecule has 8 nitrogen and oxygen atoms in total. The van der Waals surface area contributed by atoms with Crippen LogP contribution in [0, 0.1) is 0 Å². The summed E-state index contributed by atoms with van der Waals surface area (Å²) in [7, 11) is -4.09. The number of sulfonamides is 1. The lowest BCUT2D eigenvalue weighted by Crippen LogP contribution is -2.48. The maximum Gasteiger partial charge on any atom is 0.261 e. The van der Waals surface area contributed by atoms with Crippen molar-refractivity contribution >= 4 is 27.7 Å². The largest absolute Gasteiger partial charge is 0.508 e. The molecule has 1 heterocycles. The van der Waals surface area contributed by atoms with Crippen molar-refractivity contribution in [2.45, 2.75) is 23.9 Å². The molecule has 10 heteroatoms. The zero-order valence-electron chi connectivity index (χ0n) is 14.6. The van der Waals surface area contributed by atoms with E-state index in [2.05, 4.69) is 4.98 Å². The van der Waals surface area contributed by atoms with Crippen molar-refractivity contribution in [3.63, 3.8) is 0 Å². The number of nitrogens with one attached hydrogen (secondary N) is 1. The average Bonchev–Trinajstić information content (AvgIpc) is 2.68. The fraction of sp³-hybridized carbons (Fsp3) is 0.294. The van der Waals surface area contributed by atoms with Gasteiger partial charge >= 0.3 is 0 Å². The van der Waals surface area contributed by atoms with Gasteiger partial charge in [0.05, 0.1) is 4.90 Å². The molecular weight excluding hydrogens is 390 g/mol. The summed E-state index contributed by atoms with van der Waals surface area (Å²) < 4.78 is 27.5. The third-order valence-electron chi connectivity index (χ3n) is 3.86. The fourth-order valence-corrected chi connectivity index (χ4v) is 4.56. The number of carbonyl (C=O) groups is 1. The molecular formula is C17H21N3O5S2. The summed E-state index contributed by atoms with van der Waals surface area (Å²) >= 11 is 1.46. The Labute approximate surface area is 162 Å². The van der Waals surface area contributed by atoms with Crippen LogP contribution < -0.4 is 5.48 Å². The summed E-state index contributed by atoms with van der Waals surface area (Å²) in [5.74, 6) is -0.359. The van der Waals surface area contributed by atoms with E-state index in [1.165, 1.54) is 42.2 Å². The van der Waals surface area contributed by atoms with Crippen LogP contribution in [0.1, 0.15) is 12.0 Å². The van der Waals surface area contributed by atoms with E-state index in [0.717, 1.165) is 4.31 Å². The SMILES string of the molecule is CSCC[C@H](C(=O)NO)N(Cc1cccnc1)S(=O)(=O)c1ccc(O)cc1.